The maximum atomic E-state index is 5.45. The molecule has 1 aromatic heterocycles. The van der Waals surface area contributed by atoms with Crippen LogP contribution in [-0.2, 0) is 0 Å². The lowest BCUT2D eigenvalue weighted by Gasteiger charge is -2.06. The number of benzene rings is 1. The van der Waals surface area contributed by atoms with Gasteiger partial charge in [-0.15, -0.1) is 11.3 Å². The molecule has 0 unspecified atom stereocenters. The smallest absolute Gasteiger partial charge is 0.123 e. The van der Waals surface area contributed by atoms with Crippen LogP contribution in [0.4, 0.5) is 5.69 Å². The molecule has 84 valence electrons. The number of nitrogens with zero attached hydrogens (tertiary/aromatic N) is 1. The van der Waals surface area contributed by atoms with Gasteiger partial charge in [0.25, 0.3) is 0 Å². The van der Waals surface area contributed by atoms with Crippen LogP contribution < -0.4 is 11.1 Å². The minimum absolute atomic E-state index is 0.721. The van der Waals surface area contributed by atoms with E-state index in [1.165, 1.54) is 0 Å². The van der Waals surface area contributed by atoms with E-state index in [4.69, 9.17) is 5.73 Å². The molecule has 2 rings (SSSR count). The van der Waals surface area contributed by atoms with Crippen molar-refractivity contribution in [2.24, 2.45) is 5.73 Å². The normalized spacial score (nSPS) is 10.3. The lowest BCUT2D eigenvalue weighted by molar-refractivity contribution is 0.874. The summed E-state index contributed by atoms with van der Waals surface area (Å²) in [6, 6.07) is 8.30. The van der Waals surface area contributed by atoms with Gasteiger partial charge in [0.15, 0.2) is 0 Å². The molecule has 0 aliphatic carbocycles. The van der Waals surface area contributed by atoms with Gasteiger partial charge in [-0.1, -0.05) is 12.1 Å². The summed E-state index contributed by atoms with van der Waals surface area (Å²) in [6.45, 7) is 1.64. The Balaban J connectivity index is 2.08. The van der Waals surface area contributed by atoms with Crippen molar-refractivity contribution < 1.29 is 0 Å². The molecule has 0 bridgehead atoms. The largest absolute Gasteiger partial charge is 0.385 e. The predicted octanol–water partition coefficient (Wildman–Crippen LogP) is 2.57. The molecule has 0 aliphatic rings. The first-order valence-corrected chi connectivity index (χ1v) is 6.22. The number of nitrogens with one attached hydrogen (secondary N) is 1. The van der Waals surface area contributed by atoms with Crippen molar-refractivity contribution in [2.45, 2.75) is 6.42 Å². The summed E-state index contributed by atoms with van der Waals surface area (Å²) in [6.07, 6.45) is 2.82. The van der Waals surface area contributed by atoms with E-state index in [2.05, 4.69) is 28.5 Å². The number of hydrogen-bond acceptors (Lipinski definition) is 4. The summed E-state index contributed by atoms with van der Waals surface area (Å²) in [7, 11) is 0. The maximum Gasteiger partial charge on any atom is 0.123 e. The van der Waals surface area contributed by atoms with E-state index in [1.807, 2.05) is 17.6 Å². The van der Waals surface area contributed by atoms with Crippen molar-refractivity contribution in [3.05, 3.63) is 35.8 Å². The van der Waals surface area contributed by atoms with Crippen LogP contribution in [0.5, 0.6) is 0 Å². The Morgan fingerprint density at radius 3 is 3.06 bits per heavy atom. The Hall–Kier alpha value is -1.39. The van der Waals surface area contributed by atoms with Crippen molar-refractivity contribution in [3.63, 3.8) is 0 Å². The standard InChI is InChI=1S/C12H15N3S/c13-5-2-6-14-11-4-1-3-10(9-11)12-15-7-8-16-12/h1,3-4,7-9,14H,2,5-6,13H2. The van der Waals surface area contributed by atoms with Crippen molar-refractivity contribution in [1.82, 2.24) is 4.98 Å². The van der Waals surface area contributed by atoms with Gasteiger partial charge >= 0.3 is 0 Å². The lowest BCUT2D eigenvalue weighted by Crippen LogP contribution is -2.08. The summed E-state index contributed by atoms with van der Waals surface area (Å²) in [4.78, 5) is 4.29. The lowest BCUT2D eigenvalue weighted by atomic mass is 10.2. The molecule has 4 heteroatoms. The first-order chi connectivity index (χ1) is 7.90. The quantitative estimate of drug-likeness (QED) is 0.780. The molecule has 0 saturated heterocycles. The van der Waals surface area contributed by atoms with Crippen LogP contribution in [0.1, 0.15) is 6.42 Å². The van der Waals surface area contributed by atoms with Crippen LogP contribution in [0.15, 0.2) is 35.8 Å². The van der Waals surface area contributed by atoms with Gasteiger partial charge in [-0.25, -0.2) is 4.98 Å². The molecule has 0 spiro atoms. The molecule has 0 fully saturated rings. The first kappa shape index (κ1) is 11.1. The first-order valence-electron chi connectivity index (χ1n) is 5.34. The van der Waals surface area contributed by atoms with E-state index in [9.17, 15) is 0 Å². The zero-order valence-electron chi connectivity index (χ0n) is 9.02. The van der Waals surface area contributed by atoms with Crippen LogP contribution >= 0.6 is 11.3 Å². The van der Waals surface area contributed by atoms with Crippen molar-refractivity contribution >= 4 is 17.0 Å². The van der Waals surface area contributed by atoms with Gasteiger partial charge in [-0.2, -0.15) is 0 Å². The van der Waals surface area contributed by atoms with Crippen molar-refractivity contribution in [2.75, 3.05) is 18.4 Å². The Morgan fingerprint density at radius 2 is 2.31 bits per heavy atom. The summed E-state index contributed by atoms with van der Waals surface area (Å²) in [5, 5.41) is 6.39. The highest BCUT2D eigenvalue weighted by molar-refractivity contribution is 7.13. The van der Waals surface area contributed by atoms with Crippen LogP contribution in [0.2, 0.25) is 0 Å². The molecule has 1 aromatic carbocycles. The fourth-order valence-electron chi connectivity index (χ4n) is 1.46. The topological polar surface area (TPSA) is 50.9 Å². The molecule has 0 atom stereocenters. The molecule has 0 aliphatic heterocycles. The van der Waals surface area contributed by atoms with E-state index >= 15 is 0 Å². The van der Waals surface area contributed by atoms with Crippen molar-refractivity contribution in [3.8, 4) is 10.6 Å². The number of hydrogen-bond donors (Lipinski definition) is 2. The monoisotopic (exact) mass is 233 g/mol. The Labute approximate surface area is 99.3 Å². The molecule has 3 N–H and O–H groups in total. The van der Waals surface area contributed by atoms with Gasteiger partial charge in [-0.3, -0.25) is 0 Å². The molecule has 0 amide bonds. The van der Waals surface area contributed by atoms with Gasteiger partial charge in [-0.05, 0) is 25.1 Å². The molecule has 0 radical (unpaired) electrons. The molecular weight excluding hydrogens is 218 g/mol. The third-order valence-electron chi connectivity index (χ3n) is 2.25. The molecule has 0 saturated carbocycles. The molecule has 3 nitrogen and oxygen atoms in total. The second kappa shape index (κ2) is 5.63. The number of anilines is 1. The van der Waals surface area contributed by atoms with Crippen LogP contribution in [-0.4, -0.2) is 18.1 Å². The van der Waals surface area contributed by atoms with Crippen molar-refractivity contribution in [1.29, 1.82) is 0 Å². The van der Waals surface area contributed by atoms with Gasteiger partial charge < -0.3 is 11.1 Å². The van der Waals surface area contributed by atoms with Gasteiger partial charge in [0.2, 0.25) is 0 Å². The van der Waals surface area contributed by atoms with Gasteiger partial charge in [0.1, 0.15) is 5.01 Å². The number of nitrogens with two attached hydrogens (primary N) is 1. The average Bonchev–Trinajstić information content (AvgIpc) is 2.83. The fourth-order valence-corrected chi connectivity index (χ4v) is 2.10. The van der Waals surface area contributed by atoms with Crippen LogP contribution in [0, 0.1) is 0 Å². The third-order valence-corrected chi connectivity index (χ3v) is 3.07. The molecule has 2 aromatic rings. The van der Waals surface area contributed by atoms with E-state index < -0.39 is 0 Å². The summed E-state index contributed by atoms with van der Waals surface area (Å²) >= 11 is 1.65. The zero-order chi connectivity index (χ0) is 11.2. The fraction of sp³-hybridized carbons (Fsp3) is 0.250. The summed E-state index contributed by atoms with van der Waals surface area (Å²) in [5.74, 6) is 0. The zero-order valence-corrected chi connectivity index (χ0v) is 9.83. The third kappa shape index (κ3) is 2.81. The van der Waals surface area contributed by atoms with Gasteiger partial charge in [0, 0.05) is 29.4 Å². The summed E-state index contributed by atoms with van der Waals surface area (Å²) in [5.41, 5.74) is 7.74. The van der Waals surface area contributed by atoms with E-state index in [0.29, 0.717) is 0 Å². The minimum Gasteiger partial charge on any atom is -0.385 e. The van der Waals surface area contributed by atoms with Gasteiger partial charge in [0.05, 0.1) is 0 Å². The number of thiazole rings is 1. The van der Waals surface area contributed by atoms with Crippen LogP contribution in [0.25, 0.3) is 10.6 Å². The molecular formula is C12H15N3S. The maximum absolute atomic E-state index is 5.45. The highest BCUT2D eigenvalue weighted by Gasteiger charge is 2.00. The highest BCUT2D eigenvalue weighted by atomic mass is 32.1. The predicted molar refractivity (Wildman–Crippen MR) is 69.7 cm³/mol. The highest BCUT2D eigenvalue weighted by Crippen LogP contribution is 2.24. The Kier molecular flexibility index (Phi) is 3.91. The SMILES string of the molecule is NCCCNc1cccc(-c2nccs2)c1. The number of rotatable bonds is 5. The summed E-state index contributed by atoms with van der Waals surface area (Å²) < 4.78 is 0. The van der Waals surface area contributed by atoms with E-state index in [-0.39, 0.29) is 0 Å². The number of aromatic nitrogens is 1. The Morgan fingerprint density at radius 1 is 1.38 bits per heavy atom. The van der Waals surface area contributed by atoms with E-state index in [1.54, 1.807) is 11.3 Å². The van der Waals surface area contributed by atoms with Crippen LogP contribution in [0.3, 0.4) is 0 Å². The van der Waals surface area contributed by atoms with E-state index in [0.717, 1.165) is 35.8 Å². The second-order valence-electron chi connectivity index (χ2n) is 3.49. The second-order valence-corrected chi connectivity index (χ2v) is 4.38. The molecule has 16 heavy (non-hydrogen) atoms. The average molecular weight is 233 g/mol. The minimum atomic E-state index is 0.721. The Bertz CT molecular complexity index is 426. The molecule has 1 heterocycles.